The maximum absolute atomic E-state index is 12.5. The summed E-state index contributed by atoms with van der Waals surface area (Å²) in [5.41, 5.74) is 0. The van der Waals surface area contributed by atoms with Gasteiger partial charge in [-0.2, -0.15) is 17.0 Å². The first-order valence-electron chi connectivity index (χ1n) is 6.48. The minimum Gasteiger partial charge on any atom is -0.315 e. The Bertz CT molecular complexity index is 332. The quantitative estimate of drug-likeness (QED) is 0.768. The average molecular weight is 261 g/mol. The van der Waals surface area contributed by atoms with Crippen LogP contribution >= 0.6 is 0 Å². The minimum absolute atomic E-state index is 0.467. The van der Waals surface area contributed by atoms with Gasteiger partial charge in [0, 0.05) is 32.7 Å². The van der Waals surface area contributed by atoms with Gasteiger partial charge in [-0.15, -0.1) is 0 Å². The summed E-state index contributed by atoms with van der Waals surface area (Å²) in [4.78, 5) is 0. The Labute approximate surface area is 104 Å². The molecule has 2 saturated heterocycles. The second kappa shape index (κ2) is 5.22. The zero-order valence-electron chi connectivity index (χ0n) is 10.7. The monoisotopic (exact) mass is 261 g/mol. The van der Waals surface area contributed by atoms with E-state index in [2.05, 4.69) is 19.2 Å². The molecule has 2 aliphatic rings. The third-order valence-corrected chi connectivity index (χ3v) is 5.87. The third kappa shape index (κ3) is 2.81. The topological polar surface area (TPSA) is 52.7 Å². The zero-order valence-corrected chi connectivity index (χ0v) is 11.5. The van der Waals surface area contributed by atoms with E-state index in [1.165, 1.54) is 0 Å². The van der Waals surface area contributed by atoms with Gasteiger partial charge >= 0.3 is 0 Å². The Kier molecular flexibility index (Phi) is 4.07. The van der Waals surface area contributed by atoms with Gasteiger partial charge in [0.2, 0.25) is 0 Å². The molecule has 0 aromatic carbocycles. The Morgan fingerprint density at radius 2 is 1.65 bits per heavy atom. The van der Waals surface area contributed by atoms with Gasteiger partial charge in [-0.3, -0.25) is 0 Å². The molecule has 2 aliphatic heterocycles. The molecule has 2 rings (SSSR count). The molecule has 5 nitrogen and oxygen atoms in total. The molecule has 0 radical (unpaired) electrons. The fraction of sp³-hybridized carbons (Fsp3) is 1.00. The van der Waals surface area contributed by atoms with E-state index in [-0.39, 0.29) is 0 Å². The molecule has 0 amide bonds. The summed E-state index contributed by atoms with van der Waals surface area (Å²) in [6.07, 6.45) is 0.901. The van der Waals surface area contributed by atoms with Crippen molar-refractivity contribution in [2.45, 2.75) is 20.3 Å². The maximum Gasteiger partial charge on any atom is 0.282 e. The van der Waals surface area contributed by atoms with Crippen LogP contribution in [0.3, 0.4) is 0 Å². The molecule has 100 valence electrons. The van der Waals surface area contributed by atoms with E-state index in [0.717, 1.165) is 19.5 Å². The fourth-order valence-electron chi connectivity index (χ4n) is 2.48. The summed E-state index contributed by atoms with van der Waals surface area (Å²) in [6, 6.07) is 0. The predicted octanol–water partition coefficient (Wildman–Crippen LogP) is 0.114. The maximum atomic E-state index is 12.5. The van der Waals surface area contributed by atoms with E-state index in [1.54, 1.807) is 8.61 Å². The lowest BCUT2D eigenvalue weighted by molar-refractivity contribution is 0.366. The van der Waals surface area contributed by atoms with Gasteiger partial charge in [0.15, 0.2) is 0 Å². The molecule has 17 heavy (non-hydrogen) atoms. The predicted molar refractivity (Wildman–Crippen MR) is 67.9 cm³/mol. The first kappa shape index (κ1) is 13.3. The second-order valence-electron chi connectivity index (χ2n) is 5.28. The molecule has 2 heterocycles. The number of rotatable bonds is 2. The number of hydrogen-bond acceptors (Lipinski definition) is 3. The van der Waals surface area contributed by atoms with E-state index < -0.39 is 10.2 Å². The second-order valence-corrected chi connectivity index (χ2v) is 7.21. The van der Waals surface area contributed by atoms with Crippen LogP contribution in [0.2, 0.25) is 0 Å². The van der Waals surface area contributed by atoms with Gasteiger partial charge in [0.1, 0.15) is 0 Å². The fourth-order valence-corrected chi connectivity index (χ4v) is 4.34. The lowest BCUT2D eigenvalue weighted by Gasteiger charge is -2.25. The van der Waals surface area contributed by atoms with Crippen molar-refractivity contribution in [3.05, 3.63) is 0 Å². The van der Waals surface area contributed by atoms with Crippen LogP contribution in [0.4, 0.5) is 0 Å². The summed E-state index contributed by atoms with van der Waals surface area (Å²) in [6.45, 7) is 8.53. The van der Waals surface area contributed by atoms with Gasteiger partial charge in [0.05, 0.1) is 0 Å². The highest BCUT2D eigenvalue weighted by Crippen LogP contribution is 2.26. The molecule has 0 bridgehead atoms. The molecule has 0 spiro atoms. The van der Waals surface area contributed by atoms with Gasteiger partial charge < -0.3 is 5.32 Å². The van der Waals surface area contributed by atoms with Gasteiger partial charge in [-0.1, -0.05) is 13.8 Å². The van der Waals surface area contributed by atoms with E-state index in [0.29, 0.717) is 38.0 Å². The van der Waals surface area contributed by atoms with Crippen LogP contribution in [-0.4, -0.2) is 56.3 Å². The zero-order chi connectivity index (χ0) is 12.5. The summed E-state index contributed by atoms with van der Waals surface area (Å²) < 4.78 is 28.2. The molecule has 0 aromatic heterocycles. The van der Waals surface area contributed by atoms with Crippen molar-refractivity contribution in [2.24, 2.45) is 11.8 Å². The largest absolute Gasteiger partial charge is 0.315 e. The normalized spacial score (nSPS) is 33.8. The van der Waals surface area contributed by atoms with Crippen LogP contribution in [0.15, 0.2) is 0 Å². The molecular weight excluding hydrogens is 238 g/mol. The lowest BCUT2D eigenvalue weighted by atomic mass is 10.0. The van der Waals surface area contributed by atoms with E-state index in [9.17, 15) is 8.42 Å². The molecule has 2 atom stereocenters. The summed E-state index contributed by atoms with van der Waals surface area (Å²) in [7, 11) is -3.22. The molecule has 1 N–H and O–H groups in total. The first-order chi connectivity index (χ1) is 8.01. The molecule has 0 saturated carbocycles. The highest BCUT2D eigenvalue weighted by atomic mass is 32.2. The summed E-state index contributed by atoms with van der Waals surface area (Å²) in [5, 5.41) is 3.23. The molecule has 2 unspecified atom stereocenters. The van der Waals surface area contributed by atoms with Crippen LogP contribution < -0.4 is 5.32 Å². The smallest absolute Gasteiger partial charge is 0.282 e. The Hall–Kier alpha value is -0.170. The van der Waals surface area contributed by atoms with Gasteiger partial charge in [-0.05, 0) is 24.8 Å². The van der Waals surface area contributed by atoms with Crippen LogP contribution in [0.5, 0.6) is 0 Å². The van der Waals surface area contributed by atoms with E-state index in [4.69, 9.17) is 0 Å². The van der Waals surface area contributed by atoms with Crippen molar-refractivity contribution >= 4 is 10.2 Å². The van der Waals surface area contributed by atoms with E-state index >= 15 is 0 Å². The number of hydrogen-bond donors (Lipinski definition) is 1. The van der Waals surface area contributed by atoms with E-state index in [1.807, 2.05) is 0 Å². The summed E-state index contributed by atoms with van der Waals surface area (Å²) >= 11 is 0. The van der Waals surface area contributed by atoms with Crippen molar-refractivity contribution in [1.29, 1.82) is 0 Å². The molecule has 0 aromatic rings. The summed E-state index contributed by atoms with van der Waals surface area (Å²) in [5.74, 6) is 0.935. The Balaban J connectivity index is 2.07. The minimum atomic E-state index is -3.22. The first-order valence-corrected chi connectivity index (χ1v) is 7.87. The van der Waals surface area contributed by atoms with Crippen molar-refractivity contribution in [3.63, 3.8) is 0 Å². The highest BCUT2D eigenvalue weighted by molar-refractivity contribution is 7.86. The van der Waals surface area contributed by atoms with Crippen LogP contribution in [-0.2, 0) is 10.2 Å². The third-order valence-electron chi connectivity index (χ3n) is 3.91. The number of nitrogens with zero attached hydrogens (tertiary/aromatic N) is 2. The van der Waals surface area contributed by atoms with Crippen molar-refractivity contribution in [3.8, 4) is 0 Å². The SMILES string of the molecule is CC1CN(S(=O)(=O)N2CCCNCC2)CC1C. The molecule has 2 fully saturated rings. The Morgan fingerprint density at radius 1 is 1.00 bits per heavy atom. The average Bonchev–Trinajstić information content (AvgIpc) is 2.54. The highest BCUT2D eigenvalue weighted by Gasteiger charge is 2.37. The standard InChI is InChI=1S/C11H23N3O2S/c1-10-8-14(9-11(10)2)17(15,16)13-6-3-4-12-5-7-13/h10-12H,3-9H2,1-2H3. The Morgan fingerprint density at radius 3 is 2.29 bits per heavy atom. The lowest BCUT2D eigenvalue weighted by Crippen LogP contribution is -2.44. The van der Waals surface area contributed by atoms with Crippen LogP contribution in [0.25, 0.3) is 0 Å². The van der Waals surface area contributed by atoms with Crippen LogP contribution in [0, 0.1) is 11.8 Å². The van der Waals surface area contributed by atoms with Crippen molar-refractivity contribution in [2.75, 3.05) is 39.3 Å². The van der Waals surface area contributed by atoms with Gasteiger partial charge in [-0.25, -0.2) is 0 Å². The van der Waals surface area contributed by atoms with Crippen LogP contribution in [0.1, 0.15) is 20.3 Å². The van der Waals surface area contributed by atoms with Crippen molar-refractivity contribution in [1.82, 2.24) is 13.9 Å². The van der Waals surface area contributed by atoms with Crippen molar-refractivity contribution < 1.29 is 8.42 Å². The molecule has 0 aliphatic carbocycles. The van der Waals surface area contributed by atoms with Gasteiger partial charge in [0.25, 0.3) is 10.2 Å². The molecular formula is C11H23N3O2S. The molecule has 6 heteroatoms. The number of nitrogens with one attached hydrogen (secondary N) is 1.